The van der Waals surface area contributed by atoms with Gasteiger partial charge in [-0.2, -0.15) is 0 Å². The summed E-state index contributed by atoms with van der Waals surface area (Å²) in [4.78, 5) is 18.4. The van der Waals surface area contributed by atoms with E-state index in [0.29, 0.717) is 25.4 Å². The summed E-state index contributed by atoms with van der Waals surface area (Å²) >= 11 is 0. The number of aromatic nitrogens is 1. The molecule has 1 fully saturated rings. The van der Waals surface area contributed by atoms with Crippen LogP contribution in [0.5, 0.6) is 0 Å². The Bertz CT molecular complexity index is 601. The molecule has 114 valence electrons. The average Bonchev–Trinajstić information content (AvgIpc) is 2.61. The molecule has 0 unspecified atom stereocenters. The molecule has 1 aromatic carbocycles. The van der Waals surface area contributed by atoms with Gasteiger partial charge in [-0.1, -0.05) is 36.4 Å². The first-order valence-electron chi connectivity index (χ1n) is 7.69. The summed E-state index contributed by atoms with van der Waals surface area (Å²) in [5.74, 6) is -0.00592. The summed E-state index contributed by atoms with van der Waals surface area (Å²) < 4.78 is 5.80. The Labute approximate surface area is 130 Å². The number of benzene rings is 1. The van der Waals surface area contributed by atoms with Gasteiger partial charge in [-0.15, -0.1) is 0 Å². The first-order valence-corrected chi connectivity index (χ1v) is 7.69. The summed E-state index contributed by atoms with van der Waals surface area (Å²) in [6, 6.07) is 15.8. The molecule has 0 bridgehead atoms. The molecule has 2 heterocycles. The topological polar surface area (TPSA) is 42.4 Å². The summed E-state index contributed by atoms with van der Waals surface area (Å²) in [6.45, 7) is 1.87. The third kappa shape index (κ3) is 3.71. The van der Waals surface area contributed by atoms with Crippen molar-refractivity contribution >= 4 is 5.91 Å². The summed E-state index contributed by atoms with van der Waals surface area (Å²) in [5.41, 5.74) is 1.81. The SMILES string of the molecule is O=C(c1ccccn1)N1CCO[C@H](CCc2ccccc2)C1. The predicted octanol–water partition coefficient (Wildman–Crippen LogP) is 2.56. The highest BCUT2D eigenvalue weighted by atomic mass is 16.5. The third-order valence-corrected chi connectivity index (χ3v) is 3.91. The summed E-state index contributed by atoms with van der Waals surface area (Å²) in [6.07, 6.45) is 3.65. The number of morpholine rings is 1. The first-order chi connectivity index (χ1) is 10.8. The Hall–Kier alpha value is -2.20. The number of aryl methyl sites for hydroxylation is 1. The van der Waals surface area contributed by atoms with E-state index < -0.39 is 0 Å². The number of pyridine rings is 1. The molecule has 1 saturated heterocycles. The van der Waals surface area contributed by atoms with Crippen LogP contribution < -0.4 is 0 Å². The van der Waals surface area contributed by atoms with Crippen molar-refractivity contribution in [3.63, 3.8) is 0 Å². The maximum Gasteiger partial charge on any atom is 0.272 e. The quantitative estimate of drug-likeness (QED) is 0.871. The number of amides is 1. The lowest BCUT2D eigenvalue weighted by Crippen LogP contribution is -2.46. The van der Waals surface area contributed by atoms with E-state index >= 15 is 0 Å². The Kier molecular flexibility index (Phi) is 4.81. The molecule has 0 aliphatic carbocycles. The van der Waals surface area contributed by atoms with Crippen LogP contribution in [0.4, 0.5) is 0 Å². The zero-order chi connectivity index (χ0) is 15.2. The number of ether oxygens (including phenoxy) is 1. The molecule has 1 aliphatic heterocycles. The molecule has 1 amide bonds. The van der Waals surface area contributed by atoms with Gasteiger partial charge in [-0.3, -0.25) is 9.78 Å². The van der Waals surface area contributed by atoms with E-state index in [1.165, 1.54) is 5.56 Å². The van der Waals surface area contributed by atoms with Gasteiger partial charge < -0.3 is 9.64 Å². The van der Waals surface area contributed by atoms with E-state index in [1.54, 1.807) is 12.3 Å². The van der Waals surface area contributed by atoms with E-state index in [4.69, 9.17) is 4.74 Å². The van der Waals surface area contributed by atoms with Gasteiger partial charge >= 0.3 is 0 Å². The molecule has 0 saturated carbocycles. The molecule has 2 aromatic rings. The molecule has 4 nitrogen and oxygen atoms in total. The van der Waals surface area contributed by atoms with Crippen LogP contribution in [0.1, 0.15) is 22.5 Å². The van der Waals surface area contributed by atoms with Gasteiger partial charge in [0.25, 0.3) is 5.91 Å². The minimum Gasteiger partial charge on any atom is -0.375 e. The first kappa shape index (κ1) is 14.7. The second-order valence-corrected chi connectivity index (χ2v) is 5.48. The molecular weight excluding hydrogens is 276 g/mol. The summed E-state index contributed by atoms with van der Waals surface area (Å²) in [5, 5.41) is 0. The van der Waals surface area contributed by atoms with Crippen LogP contribution in [0.3, 0.4) is 0 Å². The minimum absolute atomic E-state index is 0.00592. The predicted molar refractivity (Wildman–Crippen MR) is 84.6 cm³/mol. The Morgan fingerprint density at radius 1 is 1.18 bits per heavy atom. The van der Waals surface area contributed by atoms with Crippen molar-refractivity contribution in [1.82, 2.24) is 9.88 Å². The minimum atomic E-state index is -0.00592. The second kappa shape index (κ2) is 7.18. The third-order valence-electron chi connectivity index (χ3n) is 3.91. The summed E-state index contributed by atoms with van der Waals surface area (Å²) in [7, 11) is 0. The molecule has 0 N–H and O–H groups in total. The fourth-order valence-corrected chi connectivity index (χ4v) is 2.70. The molecule has 0 radical (unpaired) electrons. The molecule has 1 atom stereocenters. The zero-order valence-corrected chi connectivity index (χ0v) is 12.5. The van der Waals surface area contributed by atoms with E-state index in [2.05, 4.69) is 17.1 Å². The number of carbonyl (C=O) groups excluding carboxylic acids is 1. The van der Waals surface area contributed by atoms with Crippen molar-refractivity contribution in [3.05, 3.63) is 66.0 Å². The number of rotatable bonds is 4. The average molecular weight is 296 g/mol. The van der Waals surface area contributed by atoms with E-state index in [-0.39, 0.29) is 12.0 Å². The molecule has 3 rings (SSSR count). The normalized spacial score (nSPS) is 18.2. The van der Waals surface area contributed by atoms with E-state index in [9.17, 15) is 4.79 Å². The van der Waals surface area contributed by atoms with Crippen LogP contribution in [0, 0.1) is 0 Å². The van der Waals surface area contributed by atoms with Crippen LogP contribution in [0.15, 0.2) is 54.7 Å². The lowest BCUT2D eigenvalue weighted by atomic mass is 10.1. The van der Waals surface area contributed by atoms with Crippen molar-refractivity contribution in [2.75, 3.05) is 19.7 Å². The number of nitrogens with zero attached hydrogens (tertiary/aromatic N) is 2. The fourth-order valence-electron chi connectivity index (χ4n) is 2.70. The number of carbonyl (C=O) groups is 1. The number of hydrogen-bond donors (Lipinski definition) is 0. The van der Waals surface area contributed by atoms with Gasteiger partial charge in [0.1, 0.15) is 5.69 Å². The smallest absolute Gasteiger partial charge is 0.272 e. The van der Waals surface area contributed by atoms with Gasteiger partial charge in [-0.05, 0) is 30.5 Å². The van der Waals surface area contributed by atoms with Crippen LogP contribution in [0.2, 0.25) is 0 Å². The van der Waals surface area contributed by atoms with Gasteiger partial charge in [0.05, 0.1) is 12.7 Å². The molecular formula is C18H20N2O2. The zero-order valence-electron chi connectivity index (χ0n) is 12.5. The van der Waals surface area contributed by atoms with E-state index in [1.807, 2.05) is 35.2 Å². The molecule has 4 heteroatoms. The highest BCUT2D eigenvalue weighted by Crippen LogP contribution is 2.14. The second-order valence-electron chi connectivity index (χ2n) is 5.48. The van der Waals surface area contributed by atoms with E-state index in [0.717, 1.165) is 12.8 Å². The molecule has 0 spiro atoms. The molecule has 1 aliphatic rings. The van der Waals surface area contributed by atoms with Crippen molar-refractivity contribution in [1.29, 1.82) is 0 Å². The van der Waals surface area contributed by atoms with Crippen molar-refractivity contribution in [2.24, 2.45) is 0 Å². The van der Waals surface area contributed by atoms with Gasteiger partial charge in [0.15, 0.2) is 0 Å². The maximum absolute atomic E-state index is 12.4. The highest BCUT2D eigenvalue weighted by Gasteiger charge is 2.25. The standard InChI is InChI=1S/C18H20N2O2/c21-18(17-8-4-5-11-19-17)20-12-13-22-16(14-20)10-9-15-6-2-1-3-7-15/h1-8,11,16H,9-10,12-14H2/t16-/m1/s1. The lowest BCUT2D eigenvalue weighted by Gasteiger charge is -2.32. The van der Waals surface area contributed by atoms with Gasteiger partial charge in [-0.25, -0.2) is 0 Å². The molecule has 22 heavy (non-hydrogen) atoms. The monoisotopic (exact) mass is 296 g/mol. The lowest BCUT2D eigenvalue weighted by molar-refractivity contribution is -0.0247. The molecule has 1 aromatic heterocycles. The van der Waals surface area contributed by atoms with Gasteiger partial charge in [0.2, 0.25) is 0 Å². The van der Waals surface area contributed by atoms with Gasteiger partial charge in [0, 0.05) is 19.3 Å². The number of hydrogen-bond acceptors (Lipinski definition) is 3. The Morgan fingerprint density at radius 2 is 2.00 bits per heavy atom. The van der Waals surface area contributed by atoms with Crippen LogP contribution in [-0.4, -0.2) is 41.6 Å². The largest absolute Gasteiger partial charge is 0.375 e. The van der Waals surface area contributed by atoms with Crippen molar-refractivity contribution < 1.29 is 9.53 Å². The fraction of sp³-hybridized carbons (Fsp3) is 0.333. The van der Waals surface area contributed by atoms with Crippen LogP contribution in [0.25, 0.3) is 0 Å². The van der Waals surface area contributed by atoms with Crippen LogP contribution in [-0.2, 0) is 11.2 Å². The Morgan fingerprint density at radius 3 is 2.77 bits per heavy atom. The Balaban J connectivity index is 1.56. The van der Waals surface area contributed by atoms with Crippen LogP contribution >= 0.6 is 0 Å². The van der Waals surface area contributed by atoms with Crippen molar-refractivity contribution in [3.8, 4) is 0 Å². The van der Waals surface area contributed by atoms with Crippen molar-refractivity contribution in [2.45, 2.75) is 18.9 Å². The highest BCUT2D eigenvalue weighted by molar-refractivity contribution is 5.92. The maximum atomic E-state index is 12.4.